The fourth-order valence-electron chi connectivity index (χ4n) is 6.49. The van der Waals surface area contributed by atoms with Crippen molar-refractivity contribution in [3.8, 4) is 16.9 Å². The van der Waals surface area contributed by atoms with Crippen LogP contribution in [0.3, 0.4) is 0 Å². The van der Waals surface area contributed by atoms with Gasteiger partial charge in [-0.25, -0.2) is 4.39 Å². The van der Waals surface area contributed by atoms with Gasteiger partial charge in [-0.3, -0.25) is 14.4 Å². The normalized spacial score (nSPS) is 24.3. The van der Waals surface area contributed by atoms with E-state index in [1.807, 2.05) is 0 Å². The van der Waals surface area contributed by atoms with E-state index >= 15 is 0 Å². The smallest absolute Gasteiger partial charge is 0.269 e. The zero-order valence-electron chi connectivity index (χ0n) is 22.4. The number of halogens is 3. The van der Waals surface area contributed by atoms with Gasteiger partial charge in [0.1, 0.15) is 11.6 Å². The first kappa shape index (κ1) is 27.7. The van der Waals surface area contributed by atoms with Crippen molar-refractivity contribution < 1.29 is 32.3 Å². The predicted octanol–water partition coefficient (Wildman–Crippen LogP) is 4.81. The Hall–Kier alpha value is -3.82. The Morgan fingerprint density at radius 3 is 2.50 bits per heavy atom. The van der Waals surface area contributed by atoms with Crippen molar-refractivity contribution in [1.29, 1.82) is 0 Å². The van der Waals surface area contributed by atoms with Crippen molar-refractivity contribution in [2.75, 3.05) is 13.7 Å². The molecule has 2 bridgehead atoms. The molecule has 0 saturated heterocycles. The van der Waals surface area contributed by atoms with Crippen LogP contribution in [0.4, 0.5) is 13.2 Å². The van der Waals surface area contributed by atoms with Gasteiger partial charge in [-0.05, 0) is 84.4 Å². The minimum atomic E-state index is -1.75. The lowest BCUT2D eigenvalue weighted by atomic mass is 9.70. The third kappa shape index (κ3) is 5.07. The van der Waals surface area contributed by atoms with Crippen molar-refractivity contribution in [3.05, 3.63) is 65.0 Å². The van der Waals surface area contributed by atoms with Gasteiger partial charge in [0.05, 0.1) is 18.6 Å². The molecule has 3 aliphatic rings. The van der Waals surface area contributed by atoms with Crippen LogP contribution in [-0.2, 0) is 4.79 Å². The molecule has 3 amide bonds. The van der Waals surface area contributed by atoms with Crippen molar-refractivity contribution in [2.24, 2.45) is 28.9 Å². The van der Waals surface area contributed by atoms with E-state index < -0.39 is 41.6 Å². The molecule has 0 aliphatic heterocycles. The molecule has 0 unspecified atom stereocenters. The number of rotatable bonds is 8. The number of methoxy groups -OCH3 is 1. The molecule has 4 N–H and O–H groups in total. The molecule has 212 valence electrons. The third-order valence-corrected chi connectivity index (χ3v) is 8.91. The maximum Gasteiger partial charge on any atom is 0.269 e. The number of fused-ring (bicyclic) bond motifs is 2. The molecule has 2 aromatic rings. The summed E-state index contributed by atoms with van der Waals surface area (Å²) in [5, 5.41) is 5.89. The highest BCUT2D eigenvalue weighted by molar-refractivity contribution is 5.99. The number of hydrogen-bond acceptors (Lipinski definition) is 4. The van der Waals surface area contributed by atoms with E-state index in [2.05, 4.69) is 17.6 Å². The minimum absolute atomic E-state index is 0.00473. The van der Waals surface area contributed by atoms with E-state index in [-0.39, 0.29) is 51.7 Å². The third-order valence-electron chi connectivity index (χ3n) is 8.91. The molecular formula is C30H32F3N3O4. The lowest BCUT2D eigenvalue weighted by molar-refractivity contribution is -0.127. The standard InChI is InChI=1S/C30H32F3N3O4/c1-30(8-3-9-30)14-35-29(39)24-19-12-17(13-20(19)26(32)33)25(24)36-28(38)21-10-15(5-7-23(21)40-2)18-11-16(27(34)37)4-6-22(18)31/h4-7,10-11,17,19,24-25H,3,8-9,12-14H2,1-2H3,(H2,34,37)(H,35,39)(H,36,38)/t17-,19+,24+,25-/m1/s1. The topological polar surface area (TPSA) is 111 Å². The zero-order chi connectivity index (χ0) is 28.8. The van der Waals surface area contributed by atoms with Gasteiger partial charge in [0.15, 0.2) is 0 Å². The number of nitrogens with one attached hydrogen (secondary N) is 2. The quantitative estimate of drug-likeness (QED) is 0.434. The van der Waals surface area contributed by atoms with Crippen LogP contribution in [0.5, 0.6) is 5.75 Å². The molecule has 0 radical (unpaired) electrons. The second kappa shape index (κ2) is 10.6. The Morgan fingerprint density at radius 1 is 1.12 bits per heavy atom. The molecule has 7 nitrogen and oxygen atoms in total. The van der Waals surface area contributed by atoms with Crippen molar-refractivity contribution >= 4 is 17.7 Å². The number of benzene rings is 2. The second-order valence-electron chi connectivity index (χ2n) is 11.5. The van der Waals surface area contributed by atoms with Crippen molar-refractivity contribution in [1.82, 2.24) is 10.6 Å². The molecule has 40 heavy (non-hydrogen) atoms. The van der Waals surface area contributed by atoms with Gasteiger partial charge in [0.2, 0.25) is 11.8 Å². The molecule has 3 fully saturated rings. The Balaban J connectivity index is 1.42. The number of ether oxygens (including phenoxy) is 1. The molecule has 0 spiro atoms. The van der Waals surface area contributed by atoms with Gasteiger partial charge in [0, 0.05) is 23.7 Å². The monoisotopic (exact) mass is 555 g/mol. The van der Waals surface area contributed by atoms with Crippen molar-refractivity contribution in [2.45, 2.75) is 45.1 Å². The Morgan fingerprint density at radius 2 is 1.88 bits per heavy atom. The largest absolute Gasteiger partial charge is 0.496 e. The predicted molar refractivity (Wildman–Crippen MR) is 142 cm³/mol. The van der Waals surface area contributed by atoms with Crippen LogP contribution >= 0.6 is 0 Å². The number of amides is 3. The Bertz CT molecular complexity index is 1400. The molecule has 3 aliphatic carbocycles. The SMILES string of the molecule is COc1ccc(-c2cc(C(N)=O)ccc2F)cc1C(=O)N[C@@H]1[C@H]2CC(=C(F)F)[C@H](C2)[C@@H]1C(=O)NCC1(C)CCC1. The van der Waals surface area contributed by atoms with Crippen LogP contribution in [0.25, 0.3) is 11.1 Å². The highest BCUT2D eigenvalue weighted by Gasteiger charge is 2.55. The molecule has 4 atom stereocenters. The lowest BCUT2D eigenvalue weighted by Crippen LogP contribution is -2.52. The number of hydrogen-bond donors (Lipinski definition) is 3. The lowest BCUT2D eigenvalue weighted by Gasteiger charge is -2.39. The Kier molecular flexibility index (Phi) is 7.37. The molecule has 10 heteroatoms. The highest BCUT2D eigenvalue weighted by atomic mass is 19.3. The van der Waals surface area contributed by atoms with E-state index in [1.165, 1.54) is 31.4 Å². The first-order valence-electron chi connectivity index (χ1n) is 13.4. The molecule has 3 saturated carbocycles. The van der Waals surface area contributed by atoms with E-state index in [4.69, 9.17) is 10.5 Å². The van der Waals surface area contributed by atoms with Gasteiger partial charge in [-0.1, -0.05) is 19.4 Å². The van der Waals surface area contributed by atoms with Crippen LogP contribution in [0.15, 0.2) is 48.1 Å². The van der Waals surface area contributed by atoms with Gasteiger partial charge in [-0.2, -0.15) is 8.78 Å². The van der Waals surface area contributed by atoms with Crippen LogP contribution < -0.4 is 21.1 Å². The molecular weight excluding hydrogens is 523 g/mol. The summed E-state index contributed by atoms with van der Waals surface area (Å²) in [6, 6.07) is 7.53. The summed E-state index contributed by atoms with van der Waals surface area (Å²) in [6.07, 6.45) is 1.82. The first-order chi connectivity index (χ1) is 19.0. The molecule has 5 rings (SSSR count). The average molecular weight is 556 g/mol. The Labute approximate surface area is 230 Å². The summed E-state index contributed by atoms with van der Waals surface area (Å²) in [4.78, 5) is 38.6. The summed E-state index contributed by atoms with van der Waals surface area (Å²) in [5.41, 5.74) is 5.92. The average Bonchev–Trinajstić information content (AvgIpc) is 3.49. The highest BCUT2D eigenvalue weighted by Crippen LogP contribution is 2.53. The van der Waals surface area contributed by atoms with Crippen LogP contribution in [-0.4, -0.2) is 37.4 Å². The maximum atomic E-state index is 14.7. The summed E-state index contributed by atoms with van der Waals surface area (Å²) in [7, 11) is 1.38. The first-order valence-corrected chi connectivity index (χ1v) is 13.4. The van der Waals surface area contributed by atoms with E-state index in [1.54, 1.807) is 6.07 Å². The minimum Gasteiger partial charge on any atom is -0.496 e. The van der Waals surface area contributed by atoms with Gasteiger partial charge in [0.25, 0.3) is 12.0 Å². The van der Waals surface area contributed by atoms with Crippen LogP contribution in [0.2, 0.25) is 0 Å². The van der Waals surface area contributed by atoms with Crippen LogP contribution in [0.1, 0.15) is 59.7 Å². The molecule has 0 aromatic heterocycles. The zero-order valence-corrected chi connectivity index (χ0v) is 22.4. The van der Waals surface area contributed by atoms with E-state index in [9.17, 15) is 27.6 Å². The number of allylic oxidation sites excluding steroid dienone is 1. The number of carbonyl (C=O) groups excluding carboxylic acids is 3. The van der Waals surface area contributed by atoms with Crippen molar-refractivity contribution in [3.63, 3.8) is 0 Å². The summed E-state index contributed by atoms with van der Waals surface area (Å²) >= 11 is 0. The number of carbonyl (C=O) groups is 3. The second-order valence-corrected chi connectivity index (χ2v) is 11.5. The van der Waals surface area contributed by atoms with Gasteiger partial charge in [-0.15, -0.1) is 0 Å². The van der Waals surface area contributed by atoms with E-state index in [0.29, 0.717) is 18.5 Å². The van der Waals surface area contributed by atoms with Gasteiger partial charge < -0.3 is 21.1 Å². The van der Waals surface area contributed by atoms with E-state index in [0.717, 1.165) is 25.3 Å². The number of primary amides is 1. The summed E-state index contributed by atoms with van der Waals surface area (Å²) < 4.78 is 47.5. The molecule has 2 aromatic carbocycles. The summed E-state index contributed by atoms with van der Waals surface area (Å²) in [6.45, 7) is 2.55. The maximum absolute atomic E-state index is 14.7. The fraction of sp³-hybridized carbons (Fsp3) is 0.433. The van der Waals surface area contributed by atoms with Gasteiger partial charge >= 0.3 is 0 Å². The fourth-order valence-corrected chi connectivity index (χ4v) is 6.49. The van der Waals surface area contributed by atoms with Crippen LogP contribution in [0, 0.1) is 29.0 Å². The number of nitrogens with two attached hydrogens (primary N) is 1. The molecule has 0 heterocycles. The summed E-state index contributed by atoms with van der Waals surface area (Å²) in [5.74, 6) is -3.83.